The zero-order chi connectivity index (χ0) is 16.4. The molecule has 4 aromatic rings. The summed E-state index contributed by atoms with van der Waals surface area (Å²) in [5.41, 5.74) is 6.08. The zero-order valence-electron chi connectivity index (χ0n) is 13.5. The molecule has 2 heterocycles. The molecule has 0 amide bonds. The number of nitrogens with zero attached hydrogens (tertiary/aromatic N) is 2. The molecule has 0 saturated carbocycles. The molecule has 2 nitrogen and oxygen atoms in total. The molecular weight excluding hydrogens is 316 g/mol. The monoisotopic (exact) mass is 331 g/mol. The maximum atomic E-state index is 6.27. The van der Waals surface area contributed by atoms with E-state index in [1.54, 1.807) is 0 Å². The predicted molar refractivity (Wildman–Crippen MR) is 101 cm³/mol. The van der Waals surface area contributed by atoms with E-state index in [-0.39, 0.29) is 0 Å². The molecule has 0 saturated heterocycles. The SMILES string of the molecule is CN1c2cc(Cl)ccc2-c2c3c1cccc3c1ccccc1[n+]2C. The Balaban J connectivity index is 2.09. The predicted octanol–water partition coefficient (Wildman–Crippen LogP) is 5.22. The standard InChI is InChI=1S/C21H16ClN2/c1-23-18-9-5-7-15-14-6-3-4-8-17(14)24(2)21(20(15)18)16-11-10-13(22)12-19(16)23/h3-12H,1-2H3/q+1. The van der Waals surface area contributed by atoms with E-state index in [4.69, 9.17) is 11.6 Å². The minimum atomic E-state index is 0.764. The normalized spacial score (nSPS) is 12.7. The van der Waals surface area contributed by atoms with Gasteiger partial charge >= 0.3 is 0 Å². The number of hydrogen-bond donors (Lipinski definition) is 0. The van der Waals surface area contributed by atoms with Crippen LogP contribution in [0, 0.1) is 0 Å². The van der Waals surface area contributed by atoms with Crippen molar-refractivity contribution >= 4 is 44.7 Å². The molecule has 0 fully saturated rings. The molecule has 116 valence electrons. The number of fused-ring (bicyclic) bond motifs is 4. The number of anilines is 2. The summed E-state index contributed by atoms with van der Waals surface area (Å²) in [5.74, 6) is 0. The number of aromatic nitrogens is 1. The highest BCUT2D eigenvalue weighted by Crippen LogP contribution is 2.47. The lowest BCUT2D eigenvalue weighted by Crippen LogP contribution is -2.34. The molecule has 0 radical (unpaired) electrons. The minimum Gasteiger partial charge on any atom is -0.343 e. The Hall–Kier alpha value is -2.58. The molecule has 0 bridgehead atoms. The number of halogens is 1. The first-order chi connectivity index (χ1) is 11.7. The van der Waals surface area contributed by atoms with Gasteiger partial charge in [0.2, 0.25) is 11.2 Å². The quantitative estimate of drug-likeness (QED) is 0.316. The van der Waals surface area contributed by atoms with Crippen molar-refractivity contribution in [1.82, 2.24) is 0 Å². The number of para-hydroxylation sites is 1. The highest BCUT2D eigenvalue weighted by molar-refractivity contribution is 6.31. The van der Waals surface area contributed by atoms with Crippen LogP contribution in [-0.4, -0.2) is 7.05 Å². The third-order valence-corrected chi connectivity index (χ3v) is 5.34. The Morgan fingerprint density at radius 2 is 1.67 bits per heavy atom. The van der Waals surface area contributed by atoms with Gasteiger partial charge < -0.3 is 4.90 Å². The van der Waals surface area contributed by atoms with Gasteiger partial charge in [0.25, 0.3) is 0 Å². The van der Waals surface area contributed by atoms with Crippen molar-refractivity contribution in [2.24, 2.45) is 7.05 Å². The van der Waals surface area contributed by atoms with Gasteiger partial charge in [0.05, 0.1) is 27.7 Å². The van der Waals surface area contributed by atoms with Gasteiger partial charge in [0, 0.05) is 23.5 Å². The Bertz CT molecular complexity index is 1150. The van der Waals surface area contributed by atoms with Crippen LogP contribution in [0.1, 0.15) is 0 Å². The van der Waals surface area contributed by atoms with E-state index < -0.39 is 0 Å². The van der Waals surface area contributed by atoms with Gasteiger partial charge in [-0.15, -0.1) is 0 Å². The van der Waals surface area contributed by atoms with Crippen LogP contribution in [0.5, 0.6) is 0 Å². The summed E-state index contributed by atoms with van der Waals surface area (Å²) in [6, 6.07) is 21.3. The van der Waals surface area contributed by atoms with Gasteiger partial charge in [-0.05, 0) is 30.3 Å². The maximum Gasteiger partial charge on any atom is 0.224 e. The van der Waals surface area contributed by atoms with Gasteiger partial charge in [-0.1, -0.05) is 35.9 Å². The lowest BCUT2D eigenvalue weighted by Gasteiger charge is -2.29. The second-order valence-corrected chi connectivity index (χ2v) is 6.78. The van der Waals surface area contributed by atoms with E-state index >= 15 is 0 Å². The van der Waals surface area contributed by atoms with E-state index in [0.717, 1.165) is 10.7 Å². The van der Waals surface area contributed by atoms with E-state index in [2.05, 4.69) is 72.1 Å². The lowest BCUT2D eigenvalue weighted by molar-refractivity contribution is -0.632. The molecule has 5 rings (SSSR count). The van der Waals surface area contributed by atoms with Gasteiger partial charge in [0.15, 0.2) is 0 Å². The highest BCUT2D eigenvalue weighted by atomic mass is 35.5. The molecule has 0 spiro atoms. The summed E-state index contributed by atoms with van der Waals surface area (Å²) >= 11 is 6.27. The molecule has 3 aromatic carbocycles. The van der Waals surface area contributed by atoms with Crippen LogP contribution in [0.15, 0.2) is 60.7 Å². The van der Waals surface area contributed by atoms with Gasteiger partial charge in [-0.2, -0.15) is 4.57 Å². The first-order valence-electron chi connectivity index (χ1n) is 8.04. The molecule has 24 heavy (non-hydrogen) atoms. The number of aryl methyl sites for hydroxylation is 1. The first kappa shape index (κ1) is 13.8. The van der Waals surface area contributed by atoms with Gasteiger partial charge in [0.1, 0.15) is 7.05 Å². The number of hydrogen-bond acceptors (Lipinski definition) is 1. The highest BCUT2D eigenvalue weighted by Gasteiger charge is 2.30. The van der Waals surface area contributed by atoms with Crippen LogP contribution < -0.4 is 9.47 Å². The molecule has 1 aliphatic rings. The van der Waals surface area contributed by atoms with Crippen LogP contribution in [0.25, 0.3) is 32.9 Å². The fourth-order valence-electron chi connectivity index (χ4n) is 4.00. The summed E-state index contributed by atoms with van der Waals surface area (Å²) in [4.78, 5) is 2.24. The molecule has 0 aliphatic carbocycles. The van der Waals surface area contributed by atoms with Crippen LogP contribution in [0.2, 0.25) is 5.02 Å². The van der Waals surface area contributed by atoms with Crippen molar-refractivity contribution in [2.45, 2.75) is 0 Å². The Kier molecular flexibility index (Phi) is 2.71. The zero-order valence-corrected chi connectivity index (χ0v) is 14.3. The second-order valence-electron chi connectivity index (χ2n) is 6.34. The topological polar surface area (TPSA) is 7.12 Å². The Morgan fingerprint density at radius 1 is 0.875 bits per heavy atom. The Labute approximate surface area is 145 Å². The molecule has 1 aromatic heterocycles. The number of rotatable bonds is 0. The summed E-state index contributed by atoms with van der Waals surface area (Å²) in [7, 11) is 4.26. The fourth-order valence-corrected chi connectivity index (χ4v) is 4.17. The third-order valence-electron chi connectivity index (χ3n) is 5.11. The third kappa shape index (κ3) is 1.64. The van der Waals surface area contributed by atoms with Crippen LogP contribution in [0.4, 0.5) is 11.4 Å². The van der Waals surface area contributed by atoms with E-state index in [1.807, 2.05) is 12.1 Å². The van der Waals surface area contributed by atoms with Crippen molar-refractivity contribution in [3.63, 3.8) is 0 Å². The largest absolute Gasteiger partial charge is 0.343 e. The minimum absolute atomic E-state index is 0.764. The van der Waals surface area contributed by atoms with Gasteiger partial charge in [-0.25, -0.2) is 0 Å². The maximum absolute atomic E-state index is 6.27. The van der Waals surface area contributed by atoms with E-state index in [0.29, 0.717) is 0 Å². The van der Waals surface area contributed by atoms with Crippen molar-refractivity contribution < 1.29 is 4.57 Å². The molecule has 1 aliphatic heterocycles. The van der Waals surface area contributed by atoms with Gasteiger partial charge in [-0.3, -0.25) is 0 Å². The fraction of sp³-hybridized carbons (Fsp3) is 0.0952. The molecule has 0 unspecified atom stereocenters. The van der Waals surface area contributed by atoms with Crippen molar-refractivity contribution in [3.05, 3.63) is 65.7 Å². The first-order valence-corrected chi connectivity index (χ1v) is 8.42. The second kappa shape index (κ2) is 4.71. The summed E-state index contributed by atoms with van der Waals surface area (Å²) in [6.45, 7) is 0. The molecular formula is C21H16ClN2+. The number of benzene rings is 3. The smallest absolute Gasteiger partial charge is 0.224 e. The average Bonchev–Trinajstić information content (AvgIpc) is 2.61. The van der Waals surface area contributed by atoms with Crippen molar-refractivity contribution in [1.29, 1.82) is 0 Å². The van der Waals surface area contributed by atoms with Crippen LogP contribution in [0.3, 0.4) is 0 Å². The average molecular weight is 332 g/mol. The van der Waals surface area contributed by atoms with Crippen LogP contribution in [-0.2, 0) is 7.05 Å². The molecule has 0 atom stereocenters. The Morgan fingerprint density at radius 3 is 2.54 bits per heavy atom. The number of pyridine rings is 1. The summed E-state index contributed by atoms with van der Waals surface area (Å²) in [6.07, 6.45) is 0. The van der Waals surface area contributed by atoms with Crippen LogP contribution >= 0.6 is 11.6 Å². The molecule has 3 heteroatoms. The molecule has 0 N–H and O–H groups in total. The van der Waals surface area contributed by atoms with E-state index in [9.17, 15) is 0 Å². The van der Waals surface area contributed by atoms with Crippen molar-refractivity contribution in [3.8, 4) is 11.3 Å². The van der Waals surface area contributed by atoms with E-state index in [1.165, 1.54) is 38.6 Å². The van der Waals surface area contributed by atoms with Crippen molar-refractivity contribution in [2.75, 3.05) is 11.9 Å². The lowest BCUT2D eigenvalue weighted by atomic mass is 9.93. The summed E-state index contributed by atoms with van der Waals surface area (Å²) in [5, 5.41) is 4.64. The summed E-state index contributed by atoms with van der Waals surface area (Å²) < 4.78 is 2.31.